The van der Waals surface area contributed by atoms with E-state index in [4.69, 9.17) is 5.11 Å². The zero-order valence-electron chi connectivity index (χ0n) is 8.51. The van der Waals surface area contributed by atoms with E-state index < -0.39 is 5.97 Å². The summed E-state index contributed by atoms with van der Waals surface area (Å²) in [6, 6.07) is 0. The van der Waals surface area contributed by atoms with Crippen LogP contribution >= 0.6 is 36.2 Å². The molecule has 1 fully saturated rings. The summed E-state index contributed by atoms with van der Waals surface area (Å²) in [4.78, 5) is 14.6. The molecule has 1 aromatic heterocycles. The van der Waals surface area contributed by atoms with Crippen molar-refractivity contribution in [2.45, 2.75) is 12.8 Å². The molecule has 0 amide bonds. The second kappa shape index (κ2) is 7.06. The van der Waals surface area contributed by atoms with Crippen LogP contribution in [-0.2, 0) is 6.42 Å². The van der Waals surface area contributed by atoms with Crippen LogP contribution in [0.5, 0.6) is 0 Å². The van der Waals surface area contributed by atoms with Crippen molar-refractivity contribution in [3.05, 3.63) is 16.1 Å². The van der Waals surface area contributed by atoms with Gasteiger partial charge >= 0.3 is 5.97 Å². The lowest BCUT2D eigenvalue weighted by Gasteiger charge is -2.03. The number of carbonyl (C=O) groups is 1. The van der Waals surface area contributed by atoms with E-state index in [1.165, 1.54) is 17.8 Å². The summed E-state index contributed by atoms with van der Waals surface area (Å²) < 4.78 is 0. The summed E-state index contributed by atoms with van der Waals surface area (Å²) in [6.07, 6.45) is 2.08. The average molecular weight is 285 g/mol. The van der Waals surface area contributed by atoms with Crippen molar-refractivity contribution in [2.75, 3.05) is 13.1 Å². The third-order valence-corrected chi connectivity index (χ3v) is 3.27. The van der Waals surface area contributed by atoms with E-state index in [0.29, 0.717) is 5.92 Å². The maximum atomic E-state index is 10.6. The zero-order valence-corrected chi connectivity index (χ0v) is 11.0. The third-order valence-electron chi connectivity index (χ3n) is 2.40. The Kier molecular flexibility index (Phi) is 6.90. The minimum Gasteiger partial charge on any atom is -0.476 e. The van der Waals surface area contributed by atoms with E-state index >= 15 is 0 Å². The molecule has 7 heteroatoms. The van der Waals surface area contributed by atoms with Crippen molar-refractivity contribution in [1.29, 1.82) is 0 Å². The fraction of sp³-hybridized carbons (Fsp3) is 0.556. The smallest absolute Gasteiger partial charge is 0.355 e. The molecular weight excluding hydrogens is 271 g/mol. The van der Waals surface area contributed by atoms with Crippen molar-refractivity contribution < 1.29 is 9.90 Å². The summed E-state index contributed by atoms with van der Waals surface area (Å²) in [6.45, 7) is 2.10. The zero-order chi connectivity index (χ0) is 9.97. The minimum atomic E-state index is -0.933. The second-order valence-electron chi connectivity index (χ2n) is 3.49. The van der Waals surface area contributed by atoms with E-state index in [-0.39, 0.29) is 30.5 Å². The Morgan fingerprint density at radius 1 is 1.62 bits per heavy atom. The van der Waals surface area contributed by atoms with Crippen LogP contribution in [0.4, 0.5) is 0 Å². The van der Waals surface area contributed by atoms with Crippen LogP contribution in [0.3, 0.4) is 0 Å². The number of aromatic nitrogens is 1. The first kappa shape index (κ1) is 15.6. The van der Waals surface area contributed by atoms with Crippen LogP contribution in [0.25, 0.3) is 0 Å². The van der Waals surface area contributed by atoms with Crippen LogP contribution in [-0.4, -0.2) is 29.1 Å². The number of aromatic carboxylic acids is 1. The predicted octanol–water partition coefficient (Wildman–Crippen LogP) is 1.84. The number of thiazole rings is 1. The van der Waals surface area contributed by atoms with Crippen LogP contribution in [0, 0.1) is 5.92 Å². The Bertz CT molecular complexity index is 340. The first-order valence-corrected chi connectivity index (χ1v) is 5.52. The maximum absolute atomic E-state index is 10.6. The molecule has 0 bridgehead atoms. The first-order valence-electron chi connectivity index (χ1n) is 4.64. The van der Waals surface area contributed by atoms with Gasteiger partial charge < -0.3 is 10.4 Å². The second-order valence-corrected chi connectivity index (χ2v) is 4.44. The molecule has 1 unspecified atom stereocenters. The largest absolute Gasteiger partial charge is 0.476 e. The van der Waals surface area contributed by atoms with Gasteiger partial charge in [-0.1, -0.05) is 0 Å². The molecule has 1 aromatic rings. The van der Waals surface area contributed by atoms with Gasteiger partial charge in [0.25, 0.3) is 0 Å². The molecule has 2 rings (SSSR count). The minimum absolute atomic E-state index is 0. The lowest BCUT2D eigenvalue weighted by molar-refractivity contribution is 0.0691. The van der Waals surface area contributed by atoms with E-state index in [2.05, 4.69) is 10.3 Å². The number of hydrogen-bond donors (Lipinski definition) is 2. The molecule has 0 radical (unpaired) electrons. The molecule has 2 heterocycles. The lowest BCUT2D eigenvalue weighted by atomic mass is 10.1. The van der Waals surface area contributed by atoms with Crippen molar-refractivity contribution in [1.82, 2.24) is 10.3 Å². The van der Waals surface area contributed by atoms with Gasteiger partial charge in [0.2, 0.25) is 0 Å². The molecule has 2 N–H and O–H groups in total. The van der Waals surface area contributed by atoms with E-state index in [0.717, 1.165) is 24.5 Å². The highest BCUT2D eigenvalue weighted by Crippen LogP contribution is 2.18. The number of nitrogens with zero attached hydrogens (tertiary/aromatic N) is 1. The summed E-state index contributed by atoms with van der Waals surface area (Å²) in [5.74, 6) is -0.306. The van der Waals surface area contributed by atoms with Crippen LogP contribution in [0.2, 0.25) is 0 Å². The van der Waals surface area contributed by atoms with Gasteiger partial charge in [0.1, 0.15) is 0 Å². The summed E-state index contributed by atoms with van der Waals surface area (Å²) in [7, 11) is 0. The van der Waals surface area contributed by atoms with E-state index in [9.17, 15) is 4.79 Å². The van der Waals surface area contributed by atoms with Gasteiger partial charge in [0.05, 0.1) is 5.01 Å². The molecule has 92 valence electrons. The Labute approximate surface area is 110 Å². The highest BCUT2D eigenvalue weighted by molar-refractivity contribution is 7.09. The molecule has 1 atom stereocenters. The van der Waals surface area contributed by atoms with Gasteiger partial charge in [-0.2, -0.15) is 0 Å². The fourth-order valence-corrected chi connectivity index (χ4v) is 2.52. The molecule has 1 aliphatic heterocycles. The van der Waals surface area contributed by atoms with Gasteiger partial charge in [0.15, 0.2) is 5.69 Å². The Hall–Kier alpha value is -0.360. The lowest BCUT2D eigenvalue weighted by Crippen LogP contribution is -2.10. The normalized spacial score (nSPS) is 18.6. The fourth-order valence-electron chi connectivity index (χ4n) is 1.64. The highest BCUT2D eigenvalue weighted by Gasteiger charge is 2.17. The van der Waals surface area contributed by atoms with Crippen LogP contribution < -0.4 is 5.32 Å². The Balaban J connectivity index is 0.00000112. The number of halogens is 2. The molecule has 0 saturated carbocycles. The number of nitrogens with one attached hydrogen (secondary N) is 1. The summed E-state index contributed by atoms with van der Waals surface area (Å²) in [5.41, 5.74) is 0.177. The maximum Gasteiger partial charge on any atom is 0.355 e. The molecule has 1 aliphatic rings. The van der Waals surface area contributed by atoms with Crippen molar-refractivity contribution in [3.63, 3.8) is 0 Å². The summed E-state index contributed by atoms with van der Waals surface area (Å²) in [5, 5.41) is 14.5. The van der Waals surface area contributed by atoms with Crippen LogP contribution in [0.1, 0.15) is 21.9 Å². The van der Waals surface area contributed by atoms with E-state index in [1.807, 2.05) is 0 Å². The van der Waals surface area contributed by atoms with Crippen molar-refractivity contribution in [2.24, 2.45) is 5.92 Å². The quantitative estimate of drug-likeness (QED) is 0.889. The van der Waals surface area contributed by atoms with Crippen molar-refractivity contribution >= 4 is 42.1 Å². The predicted molar refractivity (Wildman–Crippen MR) is 68.3 cm³/mol. The van der Waals surface area contributed by atoms with Gasteiger partial charge in [-0.3, -0.25) is 0 Å². The molecule has 1 saturated heterocycles. The highest BCUT2D eigenvalue weighted by atomic mass is 35.5. The average Bonchev–Trinajstić information content (AvgIpc) is 2.75. The van der Waals surface area contributed by atoms with Crippen molar-refractivity contribution in [3.8, 4) is 0 Å². The van der Waals surface area contributed by atoms with Gasteiger partial charge in [-0.15, -0.1) is 36.2 Å². The number of carboxylic acids is 1. The molecule has 0 spiro atoms. The Morgan fingerprint density at radius 3 is 2.88 bits per heavy atom. The Morgan fingerprint density at radius 2 is 2.38 bits per heavy atom. The first-order chi connectivity index (χ1) is 6.75. The monoisotopic (exact) mass is 284 g/mol. The molecular formula is C9H14Cl2N2O2S. The van der Waals surface area contributed by atoms with Crippen LogP contribution in [0.15, 0.2) is 5.38 Å². The number of carboxylic acid groups (broad SMARTS) is 1. The van der Waals surface area contributed by atoms with Gasteiger partial charge in [-0.25, -0.2) is 9.78 Å². The third kappa shape index (κ3) is 3.90. The van der Waals surface area contributed by atoms with E-state index in [1.54, 1.807) is 5.38 Å². The molecule has 16 heavy (non-hydrogen) atoms. The summed E-state index contributed by atoms with van der Waals surface area (Å²) >= 11 is 1.44. The topological polar surface area (TPSA) is 62.2 Å². The van der Waals surface area contributed by atoms with Gasteiger partial charge in [-0.05, 0) is 25.4 Å². The SMILES string of the molecule is Cl.Cl.O=C(O)c1csc(CC2CCNC2)n1. The van der Waals surface area contributed by atoms with Gasteiger partial charge in [0, 0.05) is 11.8 Å². The number of rotatable bonds is 3. The molecule has 0 aromatic carbocycles. The number of hydrogen-bond acceptors (Lipinski definition) is 4. The molecule has 0 aliphatic carbocycles. The standard InChI is InChI=1S/C9H12N2O2S.2ClH/c12-9(13)7-5-14-8(11-7)3-6-1-2-10-4-6;;/h5-6,10H,1-4H2,(H,12,13);2*1H. The molecule has 4 nitrogen and oxygen atoms in total.